The zero-order valence-corrected chi connectivity index (χ0v) is 21.4. The van der Waals surface area contributed by atoms with Gasteiger partial charge in [0.2, 0.25) is 0 Å². The Labute approximate surface area is 222 Å². The van der Waals surface area contributed by atoms with Crippen LogP contribution in [0.5, 0.6) is 0 Å². The number of benzene rings is 2. The summed E-state index contributed by atoms with van der Waals surface area (Å²) < 4.78 is 7.18. The third-order valence-electron chi connectivity index (χ3n) is 6.84. The second-order valence-electron chi connectivity index (χ2n) is 9.13. The molecule has 10 heteroatoms. The van der Waals surface area contributed by atoms with Crippen molar-refractivity contribution in [3.63, 3.8) is 0 Å². The van der Waals surface area contributed by atoms with Crippen molar-refractivity contribution in [1.82, 2.24) is 19.5 Å². The first-order valence-electron chi connectivity index (χ1n) is 12.4. The molecular weight excluding hydrogens is 504 g/mol. The van der Waals surface area contributed by atoms with E-state index in [9.17, 15) is 9.59 Å². The summed E-state index contributed by atoms with van der Waals surface area (Å²) >= 11 is 7.15. The molecule has 6 rings (SSSR count). The Morgan fingerprint density at radius 3 is 2.58 bits per heavy atom. The van der Waals surface area contributed by atoms with E-state index in [4.69, 9.17) is 16.3 Å². The van der Waals surface area contributed by atoms with E-state index < -0.39 is 6.04 Å². The molecule has 0 amide bonds. The number of rotatable bonds is 5. The molecule has 2 aromatic carbocycles. The van der Waals surface area contributed by atoms with Crippen LogP contribution in [0.15, 0.2) is 76.7 Å². The van der Waals surface area contributed by atoms with Gasteiger partial charge in [-0.25, -0.2) is 9.97 Å². The number of nitrogens with one attached hydrogen (secondary N) is 2. The van der Waals surface area contributed by atoms with Crippen LogP contribution in [0.25, 0.3) is 27.5 Å². The minimum absolute atomic E-state index is 0.174. The van der Waals surface area contributed by atoms with Gasteiger partial charge < -0.3 is 19.9 Å². The molecule has 192 valence electrons. The van der Waals surface area contributed by atoms with Crippen LogP contribution in [0.4, 0.5) is 11.5 Å². The topological polar surface area (TPSA) is 105 Å². The highest BCUT2D eigenvalue weighted by Crippen LogP contribution is 2.36. The van der Waals surface area contributed by atoms with Crippen LogP contribution in [0.3, 0.4) is 0 Å². The molecule has 0 radical (unpaired) electrons. The quantitative estimate of drug-likeness (QED) is 0.350. The lowest BCUT2D eigenvalue weighted by Gasteiger charge is -2.30. The molecule has 1 atom stereocenters. The fraction of sp³-hybridized carbons (Fsp3) is 0.214. The molecule has 0 spiro atoms. The Morgan fingerprint density at radius 2 is 1.79 bits per heavy atom. The highest BCUT2D eigenvalue weighted by atomic mass is 35.5. The van der Waals surface area contributed by atoms with Crippen LogP contribution < -0.4 is 21.2 Å². The molecule has 0 bridgehead atoms. The Hall–Kier alpha value is -4.21. The number of anilines is 2. The first kappa shape index (κ1) is 24.1. The predicted molar refractivity (Wildman–Crippen MR) is 150 cm³/mol. The summed E-state index contributed by atoms with van der Waals surface area (Å²) in [6.07, 6.45) is 2.93. The number of nitrogens with zero attached hydrogens (tertiary/aromatic N) is 4. The number of para-hydroxylation sites is 1. The molecule has 1 aliphatic heterocycles. The van der Waals surface area contributed by atoms with Gasteiger partial charge in [-0.15, -0.1) is 0 Å². The summed E-state index contributed by atoms with van der Waals surface area (Å²) in [7, 11) is 0. The largest absolute Gasteiger partial charge is 0.378 e. The standard InChI is InChI=1S/C28H25ClN6O3/c1-17(33-27-23-21(36)10-11-30-26(23)31-16-32-27)25-24(29)19-8-5-9-20(34-12-14-38-15-13-34)22(19)28(37)35(25)18-6-3-2-4-7-18/h2-11,16-17H,12-15H2,1H3,(H2,30,31,32,33,36)/t17-/m0/s1. The van der Waals surface area contributed by atoms with E-state index in [1.165, 1.54) is 12.4 Å². The Kier molecular flexibility index (Phi) is 6.30. The van der Waals surface area contributed by atoms with Crippen LogP contribution in [0.1, 0.15) is 18.7 Å². The van der Waals surface area contributed by atoms with E-state index in [0.29, 0.717) is 70.3 Å². The monoisotopic (exact) mass is 528 g/mol. The number of aromatic nitrogens is 4. The van der Waals surface area contributed by atoms with Gasteiger partial charge in [-0.3, -0.25) is 14.2 Å². The zero-order valence-electron chi connectivity index (χ0n) is 20.6. The number of halogens is 1. The van der Waals surface area contributed by atoms with E-state index in [2.05, 4.69) is 25.2 Å². The molecule has 1 fully saturated rings. The molecule has 5 aromatic rings. The van der Waals surface area contributed by atoms with E-state index >= 15 is 0 Å². The SMILES string of the molecule is C[C@H](Nc1ncnc2[nH]ccc(=O)c12)c1c(Cl)c2cccc(N3CCOCC3)c2c(=O)n1-c1ccccc1. The number of pyridine rings is 2. The molecule has 1 saturated heterocycles. The maximum Gasteiger partial charge on any atom is 0.265 e. The summed E-state index contributed by atoms with van der Waals surface area (Å²) in [4.78, 5) is 40.6. The van der Waals surface area contributed by atoms with Crippen molar-refractivity contribution in [1.29, 1.82) is 0 Å². The van der Waals surface area contributed by atoms with E-state index in [0.717, 1.165) is 5.69 Å². The summed E-state index contributed by atoms with van der Waals surface area (Å²) in [6, 6.07) is 16.1. The molecule has 3 aromatic heterocycles. The van der Waals surface area contributed by atoms with Crippen LogP contribution in [0, 0.1) is 0 Å². The van der Waals surface area contributed by atoms with Crippen LogP contribution in [0.2, 0.25) is 5.02 Å². The van der Waals surface area contributed by atoms with Gasteiger partial charge in [0.25, 0.3) is 5.56 Å². The van der Waals surface area contributed by atoms with Crippen molar-refractivity contribution in [3.8, 4) is 5.69 Å². The van der Waals surface area contributed by atoms with Crippen LogP contribution in [-0.2, 0) is 4.74 Å². The van der Waals surface area contributed by atoms with E-state index in [-0.39, 0.29) is 11.0 Å². The molecule has 9 nitrogen and oxygen atoms in total. The predicted octanol–water partition coefficient (Wildman–Crippen LogP) is 4.29. The number of aromatic amines is 1. The third-order valence-corrected chi connectivity index (χ3v) is 7.24. The number of morpholine rings is 1. The molecule has 0 unspecified atom stereocenters. The highest BCUT2D eigenvalue weighted by molar-refractivity contribution is 6.36. The minimum atomic E-state index is -0.496. The number of fused-ring (bicyclic) bond motifs is 2. The highest BCUT2D eigenvalue weighted by Gasteiger charge is 2.25. The molecular formula is C28H25ClN6O3. The number of H-pyrrole nitrogens is 1. The first-order chi connectivity index (χ1) is 18.5. The van der Waals surface area contributed by atoms with Gasteiger partial charge in [0, 0.05) is 36.4 Å². The zero-order chi connectivity index (χ0) is 26.2. The second kappa shape index (κ2) is 9.92. The summed E-state index contributed by atoms with van der Waals surface area (Å²) in [5, 5.41) is 5.33. The fourth-order valence-electron chi connectivity index (χ4n) is 5.08. The summed E-state index contributed by atoms with van der Waals surface area (Å²) in [6.45, 7) is 4.47. The van der Waals surface area contributed by atoms with Gasteiger partial charge in [-0.1, -0.05) is 41.9 Å². The smallest absolute Gasteiger partial charge is 0.265 e. The summed E-state index contributed by atoms with van der Waals surface area (Å²) in [5.74, 6) is 0.356. The van der Waals surface area contributed by atoms with Crippen molar-refractivity contribution >= 4 is 44.9 Å². The lowest BCUT2D eigenvalue weighted by Crippen LogP contribution is -2.37. The molecule has 2 N–H and O–H groups in total. The molecule has 38 heavy (non-hydrogen) atoms. The van der Waals surface area contributed by atoms with Crippen LogP contribution in [-0.4, -0.2) is 45.8 Å². The van der Waals surface area contributed by atoms with Gasteiger partial charge >= 0.3 is 0 Å². The fourth-order valence-corrected chi connectivity index (χ4v) is 5.49. The average Bonchev–Trinajstić information content (AvgIpc) is 2.95. The van der Waals surface area contributed by atoms with E-state index in [1.54, 1.807) is 10.8 Å². The van der Waals surface area contributed by atoms with Crippen molar-refractivity contribution in [2.24, 2.45) is 0 Å². The average molecular weight is 529 g/mol. The van der Waals surface area contributed by atoms with Crippen molar-refractivity contribution in [2.45, 2.75) is 13.0 Å². The lowest BCUT2D eigenvalue weighted by molar-refractivity contribution is 0.123. The number of hydrogen-bond donors (Lipinski definition) is 2. The van der Waals surface area contributed by atoms with Crippen molar-refractivity contribution in [2.75, 3.05) is 36.5 Å². The van der Waals surface area contributed by atoms with E-state index in [1.807, 2.05) is 55.5 Å². The van der Waals surface area contributed by atoms with Gasteiger partial charge in [-0.2, -0.15) is 0 Å². The first-order valence-corrected chi connectivity index (χ1v) is 12.8. The van der Waals surface area contributed by atoms with Gasteiger partial charge in [0.1, 0.15) is 23.2 Å². The maximum atomic E-state index is 14.3. The minimum Gasteiger partial charge on any atom is -0.378 e. The molecule has 4 heterocycles. The van der Waals surface area contributed by atoms with Crippen molar-refractivity contribution in [3.05, 3.63) is 98.4 Å². The second-order valence-corrected chi connectivity index (χ2v) is 9.51. The normalized spacial score (nSPS) is 14.6. The Morgan fingerprint density at radius 1 is 1.00 bits per heavy atom. The Balaban J connectivity index is 1.58. The molecule has 0 aliphatic carbocycles. The summed E-state index contributed by atoms with van der Waals surface area (Å²) in [5.41, 5.74) is 2.12. The van der Waals surface area contributed by atoms with Gasteiger partial charge in [0.15, 0.2) is 5.43 Å². The van der Waals surface area contributed by atoms with Gasteiger partial charge in [-0.05, 0) is 25.1 Å². The molecule has 0 saturated carbocycles. The Bertz CT molecular complexity index is 1760. The number of hydrogen-bond acceptors (Lipinski definition) is 7. The van der Waals surface area contributed by atoms with Crippen LogP contribution >= 0.6 is 11.6 Å². The maximum absolute atomic E-state index is 14.3. The number of ether oxygens (including phenoxy) is 1. The van der Waals surface area contributed by atoms with Gasteiger partial charge in [0.05, 0.1) is 41.0 Å². The lowest BCUT2D eigenvalue weighted by atomic mass is 10.0. The van der Waals surface area contributed by atoms with Crippen molar-refractivity contribution < 1.29 is 4.74 Å². The molecule has 1 aliphatic rings. The third kappa shape index (κ3) is 4.09.